The van der Waals surface area contributed by atoms with Crippen LogP contribution in [-0.2, 0) is 6.42 Å². The Hall–Kier alpha value is -2.00. The van der Waals surface area contributed by atoms with Gasteiger partial charge in [0.15, 0.2) is 0 Å². The summed E-state index contributed by atoms with van der Waals surface area (Å²) in [6, 6.07) is 13.2. The van der Waals surface area contributed by atoms with Crippen LogP contribution in [0.5, 0.6) is 5.75 Å². The number of phenols is 1. The molecule has 0 saturated carbocycles. The zero-order valence-corrected chi connectivity index (χ0v) is 14.7. The number of carbonyl (C=O) groups excluding carboxylic acids is 1. The van der Waals surface area contributed by atoms with Gasteiger partial charge in [-0.25, -0.2) is 0 Å². The molecule has 0 fully saturated rings. The summed E-state index contributed by atoms with van der Waals surface area (Å²) in [5.74, 6) is 0.344. The fraction of sp³-hybridized carbons (Fsp3) is 0.286. The molecule has 0 aromatic heterocycles. The molecule has 0 bridgehead atoms. The Morgan fingerprint density at radius 3 is 2.58 bits per heavy atom. The number of allylic oxidation sites excluding steroid dienone is 1. The van der Waals surface area contributed by atoms with Crippen molar-refractivity contribution in [2.75, 3.05) is 0 Å². The normalized spacial score (nSPS) is 15.0. The Bertz CT molecular complexity index is 760. The molecule has 0 atom stereocenters. The highest BCUT2D eigenvalue weighted by Gasteiger charge is 2.25. The van der Waals surface area contributed by atoms with E-state index in [2.05, 4.69) is 25.1 Å². The van der Waals surface area contributed by atoms with E-state index < -0.39 is 0 Å². The van der Waals surface area contributed by atoms with Crippen LogP contribution < -0.4 is 0 Å². The van der Waals surface area contributed by atoms with Crippen molar-refractivity contribution in [3.8, 4) is 5.75 Å². The Morgan fingerprint density at radius 1 is 1.04 bits per heavy atom. The van der Waals surface area contributed by atoms with Gasteiger partial charge in [-0.05, 0) is 54.3 Å². The monoisotopic (exact) mass is 338 g/mol. The predicted octanol–water partition coefficient (Wildman–Crippen LogP) is 5.84. The average molecular weight is 338 g/mol. The molecule has 0 radical (unpaired) electrons. The zero-order chi connectivity index (χ0) is 16.9. The van der Waals surface area contributed by atoms with Crippen molar-refractivity contribution in [3.63, 3.8) is 0 Å². The lowest BCUT2D eigenvalue weighted by Gasteiger charge is -2.03. The molecule has 0 unspecified atom stereocenters. The third-order valence-electron chi connectivity index (χ3n) is 4.24. The number of ketones is 1. The first-order valence-corrected chi connectivity index (χ1v) is 9.35. The van der Waals surface area contributed by atoms with Gasteiger partial charge in [-0.2, -0.15) is 0 Å². The molecule has 3 rings (SSSR count). The lowest BCUT2D eigenvalue weighted by Crippen LogP contribution is -1.96. The van der Waals surface area contributed by atoms with Gasteiger partial charge in [-0.3, -0.25) is 4.79 Å². The highest BCUT2D eigenvalue weighted by molar-refractivity contribution is 8.04. The van der Waals surface area contributed by atoms with E-state index in [1.54, 1.807) is 12.1 Å². The minimum absolute atomic E-state index is 0.110. The van der Waals surface area contributed by atoms with E-state index in [-0.39, 0.29) is 11.5 Å². The summed E-state index contributed by atoms with van der Waals surface area (Å²) in [6.45, 7) is 2.22. The van der Waals surface area contributed by atoms with E-state index in [1.807, 2.05) is 18.2 Å². The molecule has 0 spiro atoms. The minimum atomic E-state index is 0.110. The molecular weight excluding hydrogens is 316 g/mol. The maximum atomic E-state index is 12.7. The van der Waals surface area contributed by atoms with Gasteiger partial charge in [0.05, 0.1) is 4.91 Å². The summed E-state index contributed by atoms with van der Waals surface area (Å²) in [7, 11) is 0. The number of carbonyl (C=O) groups is 1. The first-order chi connectivity index (χ1) is 11.7. The van der Waals surface area contributed by atoms with Gasteiger partial charge in [0.1, 0.15) is 5.75 Å². The highest BCUT2D eigenvalue weighted by Crippen LogP contribution is 2.41. The van der Waals surface area contributed by atoms with Crippen LogP contribution >= 0.6 is 11.8 Å². The number of thioether (sulfide) groups is 1. The predicted molar refractivity (Wildman–Crippen MR) is 101 cm³/mol. The van der Waals surface area contributed by atoms with Crippen LogP contribution in [0.25, 0.3) is 6.08 Å². The van der Waals surface area contributed by atoms with Crippen molar-refractivity contribution in [3.05, 3.63) is 64.1 Å². The molecule has 0 aliphatic carbocycles. The minimum Gasteiger partial charge on any atom is -0.508 e. The van der Waals surface area contributed by atoms with Crippen molar-refractivity contribution >= 4 is 23.6 Å². The van der Waals surface area contributed by atoms with Gasteiger partial charge in [-0.1, -0.05) is 56.1 Å². The third kappa shape index (κ3) is 3.90. The number of unbranched alkanes of at least 4 members (excludes halogenated alkanes) is 3. The largest absolute Gasteiger partial charge is 0.508 e. The van der Waals surface area contributed by atoms with E-state index in [0.29, 0.717) is 0 Å². The standard InChI is InChI=1S/C21H22O2S/c1-2-3-4-5-6-15-9-12-19-18(13-15)21(23)20(24-19)14-16-7-10-17(22)11-8-16/h7-14,22H,2-6H2,1H3/b20-14+. The smallest absolute Gasteiger partial charge is 0.200 e. The zero-order valence-electron chi connectivity index (χ0n) is 13.9. The number of benzene rings is 2. The van der Waals surface area contributed by atoms with Gasteiger partial charge in [0.25, 0.3) is 0 Å². The molecule has 1 aliphatic heterocycles. The molecular formula is C21H22O2S. The van der Waals surface area contributed by atoms with Crippen molar-refractivity contribution < 1.29 is 9.90 Å². The number of hydrogen-bond donors (Lipinski definition) is 1. The van der Waals surface area contributed by atoms with Crippen LogP contribution in [0, 0.1) is 0 Å². The van der Waals surface area contributed by atoms with E-state index in [0.717, 1.165) is 27.3 Å². The number of phenolic OH excluding ortho intramolecular Hbond substituents is 1. The molecule has 0 saturated heterocycles. The summed E-state index contributed by atoms with van der Waals surface area (Å²) in [6.07, 6.45) is 7.89. The Morgan fingerprint density at radius 2 is 1.83 bits per heavy atom. The maximum absolute atomic E-state index is 12.7. The molecule has 1 N–H and O–H groups in total. The second kappa shape index (κ2) is 7.71. The van der Waals surface area contributed by atoms with Gasteiger partial charge < -0.3 is 5.11 Å². The van der Waals surface area contributed by atoms with Crippen molar-refractivity contribution in [2.24, 2.45) is 0 Å². The molecule has 2 nitrogen and oxygen atoms in total. The molecule has 2 aromatic carbocycles. The summed E-state index contributed by atoms with van der Waals surface area (Å²) >= 11 is 1.53. The van der Waals surface area contributed by atoms with Gasteiger partial charge >= 0.3 is 0 Å². The number of Topliss-reactive ketones (excluding diaryl/α,β-unsaturated/α-hetero) is 1. The molecule has 1 heterocycles. The Balaban J connectivity index is 1.74. The number of hydrogen-bond acceptors (Lipinski definition) is 3. The number of aryl methyl sites for hydroxylation is 1. The SMILES string of the molecule is CCCCCCc1ccc2c(c1)C(=O)/C(=C\c1ccc(O)cc1)S2. The van der Waals surface area contributed by atoms with Gasteiger partial charge in [-0.15, -0.1) is 0 Å². The van der Waals surface area contributed by atoms with Crippen molar-refractivity contribution in [2.45, 2.75) is 43.9 Å². The second-order valence-electron chi connectivity index (χ2n) is 6.17. The summed E-state index contributed by atoms with van der Waals surface area (Å²) in [4.78, 5) is 14.5. The maximum Gasteiger partial charge on any atom is 0.200 e. The highest BCUT2D eigenvalue weighted by atomic mass is 32.2. The topological polar surface area (TPSA) is 37.3 Å². The van der Waals surface area contributed by atoms with Crippen LogP contribution in [0.15, 0.2) is 52.3 Å². The fourth-order valence-corrected chi connectivity index (χ4v) is 3.90. The van der Waals surface area contributed by atoms with E-state index in [4.69, 9.17) is 0 Å². The lowest BCUT2D eigenvalue weighted by atomic mass is 10.0. The molecule has 3 heteroatoms. The van der Waals surface area contributed by atoms with Gasteiger partial charge in [0.2, 0.25) is 5.78 Å². The van der Waals surface area contributed by atoms with Crippen LogP contribution in [-0.4, -0.2) is 10.9 Å². The van der Waals surface area contributed by atoms with E-state index in [1.165, 1.54) is 43.0 Å². The number of fused-ring (bicyclic) bond motifs is 1. The number of aromatic hydroxyl groups is 1. The van der Waals surface area contributed by atoms with Crippen LogP contribution in [0.1, 0.15) is 54.1 Å². The Labute approximate surface area is 147 Å². The van der Waals surface area contributed by atoms with Crippen LogP contribution in [0.4, 0.5) is 0 Å². The second-order valence-corrected chi connectivity index (χ2v) is 7.26. The first-order valence-electron chi connectivity index (χ1n) is 8.53. The van der Waals surface area contributed by atoms with Crippen LogP contribution in [0.2, 0.25) is 0 Å². The quantitative estimate of drug-likeness (QED) is 0.531. The molecule has 24 heavy (non-hydrogen) atoms. The average Bonchev–Trinajstić information content (AvgIpc) is 2.90. The molecule has 1 aliphatic rings. The molecule has 0 amide bonds. The summed E-state index contributed by atoms with van der Waals surface area (Å²) in [5.41, 5.74) is 3.01. The van der Waals surface area contributed by atoms with Crippen molar-refractivity contribution in [1.82, 2.24) is 0 Å². The molecule has 2 aromatic rings. The Kier molecular flexibility index (Phi) is 5.41. The molecule has 124 valence electrons. The van der Waals surface area contributed by atoms with Crippen LogP contribution in [0.3, 0.4) is 0 Å². The third-order valence-corrected chi connectivity index (χ3v) is 5.34. The summed E-state index contributed by atoms with van der Waals surface area (Å²) in [5, 5.41) is 9.35. The van der Waals surface area contributed by atoms with Gasteiger partial charge in [0, 0.05) is 10.5 Å². The summed E-state index contributed by atoms with van der Waals surface area (Å²) < 4.78 is 0. The van der Waals surface area contributed by atoms with Crippen molar-refractivity contribution in [1.29, 1.82) is 0 Å². The fourth-order valence-electron chi connectivity index (χ4n) is 2.87. The lowest BCUT2D eigenvalue weighted by molar-refractivity contribution is 0.104. The van der Waals surface area contributed by atoms with E-state index >= 15 is 0 Å². The van der Waals surface area contributed by atoms with E-state index in [9.17, 15) is 9.90 Å². The first kappa shape index (κ1) is 16.8. The number of rotatable bonds is 6.